The summed E-state index contributed by atoms with van der Waals surface area (Å²) in [5, 5.41) is 4.21. The topological polar surface area (TPSA) is 56.1 Å². The first kappa shape index (κ1) is 16.0. The van der Waals surface area contributed by atoms with Gasteiger partial charge in [-0.15, -0.1) is 0 Å². The van der Waals surface area contributed by atoms with Crippen molar-refractivity contribution in [2.45, 2.75) is 26.4 Å². The van der Waals surface area contributed by atoms with E-state index in [0.717, 1.165) is 37.5 Å². The minimum absolute atomic E-state index is 0.0172. The van der Waals surface area contributed by atoms with Gasteiger partial charge in [-0.05, 0) is 32.9 Å². The van der Waals surface area contributed by atoms with E-state index in [2.05, 4.69) is 23.8 Å². The summed E-state index contributed by atoms with van der Waals surface area (Å²) in [5.41, 5.74) is 1.35. The van der Waals surface area contributed by atoms with Crippen LogP contribution in [0.15, 0.2) is 24.5 Å². The lowest BCUT2D eigenvalue weighted by Gasteiger charge is -2.38. The zero-order chi connectivity index (χ0) is 16.4. The molecule has 1 fully saturated rings. The van der Waals surface area contributed by atoms with Gasteiger partial charge in [0.25, 0.3) is 0 Å². The third kappa shape index (κ3) is 3.71. The van der Waals surface area contributed by atoms with Gasteiger partial charge in [0.15, 0.2) is 5.78 Å². The Balaban J connectivity index is 1.58. The van der Waals surface area contributed by atoms with Crippen LogP contribution in [0.3, 0.4) is 0 Å². The van der Waals surface area contributed by atoms with Crippen molar-refractivity contribution >= 4 is 11.3 Å². The maximum Gasteiger partial charge on any atom is 0.163 e. The molecule has 2 aromatic heterocycles. The van der Waals surface area contributed by atoms with Crippen LogP contribution in [0.1, 0.15) is 31.1 Å². The highest BCUT2D eigenvalue weighted by atomic mass is 16.5. The number of hydrogen-bond acceptors (Lipinski definition) is 5. The molecule has 0 aliphatic carbocycles. The molecule has 0 spiro atoms. The van der Waals surface area contributed by atoms with E-state index >= 15 is 0 Å². The highest BCUT2D eigenvalue weighted by molar-refractivity contribution is 6.00. The summed E-state index contributed by atoms with van der Waals surface area (Å²) in [7, 11) is 0. The van der Waals surface area contributed by atoms with Crippen LogP contribution in [0.2, 0.25) is 0 Å². The van der Waals surface area contributed by atoms with Crippen LogP contribution in [0.5, 0.6) is 5.75 Å². The zero-order valence-corrected chi connectivity index (χ0v) is 13.9. The predicted molar refractivity (Wildman–Crippen MR) is 87.2 cm³/mol. The van der Waals surface area contributed by atoms with Crippen molar-refractivity contribution in [1.29, 1.82) is 0 Å². The second kappa shape index (κ2) is 6.29. The molecule has 0 bridgehead atoms. The lowest BCUT2D eigenvalue weighted by molar-refractivity contribution is -0.0875. The van der Waals surface area contributed by atoms with Crippen molar-refractivity contribution in [1.82, 2.24) is 14.5 Å². The number of nitrogens with zero attached hydrogens (tertiary/aromatic N) is 3. The van der Waals surface area contributed by atoms with Crippen LogP contribution >= 0.6 is 0 Å². The molecule has 2 aromatic rings. The van der Waals surface area contributed by atoms with E-state index in [1.165, 1.54) is 0 Å². The molecule has 0 N–H and O–H groups in total. The number of ether oxygens (including phenoxy) is 2. The number of aromatic nitrogens is 2. The third-order valence-electron chi connectivity index (χ3n) is 4.05. The molecule has 6 heteroatoms. The first-order chi connectivity index (χ1) is 10.9. The molecule has 0 amide bonds. The number of ketones is 1. The van der Waals surface area contributed by atoms with Gasteiger partial charge >= 0.3 is 0 Å². The summed E-state index contributed by atoms with van der Waals surface area (Å²) in [4.78, 5) is 13.9. The second-order valence-corrected chi connectivity index (χ2v) is 6.54. The van der Waals surface area contributed by atoms with E-state index in [4.69, 9.17) is 9.47 Å². The van der Waals surface area contributed by atoms with E-state index in [-0.39, 0.29) is 11.4 Å². The summed E-state index contributed by atoms with van der Waals surface area (Å²) in [6.45, 7) is 9.86. The van der Waals surface area contributed by atoms with Gasteiger partial charge in [-0.1, -0.05) is 0 Å². The highest BCUT2D eigenvalue weighted by Gasteiger charge is 2.26. The van der Waals surface area contributed by atoms with Crippen LogP contribution in [0.4, 0.5) is 0 Å². The Bertz CT molecular complexity index is 708. The maximum absolute atomic E-state index is 11.5. The molecule has 0 atom stereocenters. The van der Waals surface area contributed by atoms with Gasteiger partial charge in [-0.2, -0.15) is 5.10 Å². The number of carbonyl (C=O) groups excluding carboxylic acids is 1. The molecule has 1 aliphatic rings. The van der Waals surface area contributed by atoms with E-state index in [9.17, 15) is 4.79 Å². The molecule has 3 rings (SSSR count). The summed E-state index contributed by atoms with van der Waals surface area (Å²) in [6, 6.07) is 3.75. The van der Waals surface area contributed by atoms with Crippen molar-refractivity contribution in [2.75, 3.05) is 32.8 Å². The van der Waals surface area contributed by atoms with Gasteiger partial charge in [0.2, 0.25) is 0 Å². The number of carbonyl (C=O) groups is 1. The number of Topliss-reactive ketones (excluding diaryl/α,β-unsaturated/α-hetero) is 1. The summed E-state index contributed by atoms with van der Waals surface area (Å²) >= 11 is 0. The average molecular weight is 317 g/mol. The van der Waals surface area contributed by atoms with Crippen LogP contribution in [0, 0.1) is 0 Å². The average Bonchev–Trinajstić information content (AvgIpc) is 2.89. The first-order valence-electron chi connectivity index (χ1n) is 7.92. The van der Waals surface area contributed by atoms with E-state index < -0.39 is 0 Å². The molecular weight excluding hydrogens is 294 g/mol. The van der Waals surface area contributed by atoms with Gasteiger partial charge in [0.1, 0.15) is 12.4 Å². The summed E-state index contributed by atoms with van der Waals surface area (Å²) in [6.07, 6.45) is 3.41. The van der Waals surface area contributed by atoms with Crippen molar-refractivity contribution < 1.29 is 14.3 Å². The SMILES string of the molecule is CC(=O)c1cnn2cc(OCCN3CCOC(C)(C)C3)ccc12. The smallest absolute Gasteiger partial charge is 0.163 e. The van der Waals surface area contributed by atoms with Crippen molar-refractivity contribution in [3.63, 3.8) is 0 Å². The lowest BCUT2D eigenvalue weighted by atomic mass is 10.1. The Morgan fingerprint density at radius 1 is 1.43 bits per heavy atom. The fourth-order valence-corrected chi connectivity index (χ4v) is 2.92. The van der Waals surface area contributed by atoms with E-state index in [1.54, 1.807) is 17.6 Å². The van der Waals surface area contributed by atoms with Crippen LogP contribution in [0.25, 0.3) is 5.52 Å². The maximum atomic E-state index is 11.5. The number of rotatable bonds is 5. The minimum Gasteiger partial charge on any atom is -0.491 e. The quantitative estimate of drug-likeness (QED) is 0.790. The number of fused-ring (bicyclic) bond motifs is 1. The summed E-state index contributed by atoms with van der Waals surface area (Å²) in [5.74, 6) is 0.770. The molecular formula is C17H23N3O3. The monoisotopic (exact) mass is 317 g/mol. The number of hydrogen-bond donors (Lipinski definition) is 0. The normalized spacial score (nSPS) is 18.2. The number of pyridine rings is 1. The molecule has 124 valence electrons. The molecule has 1 saturated heterocycles. The Morgan fingerprint density at radius 2 is 2.26 bits per heavy atom. The van der Waals surface area contributed by atoms with Crippen LogP contribution < -0.4 is 4.74 Å². The number of morpholine rings is 1. The molecule has 23 heavy (non-hydrogen) atoms. The lowest BCUT2D eigenvalue weighted by Crippen LogP contribution is -2.49. The van der Waals surface area contributed by atoms with Crippen molar-refractivity contribution in [2.24, 2.45) is 0 Å². The predicted octanol–water partition coefficient (Wildman–Crippen LogP) is 2.03. The minimum atomic E-state index is -0.0880. The first-order valence-corrected chi connectivity index (χ1v) is 7.92. The molecule has 0 radical (unpaired) electrons. The Hall–Kier alpha value is -1.92. The molecule has 0 unspecified atom stereocenters. The molecule has 0 saturated carbocycles. The highest BCUT2D eigenvalue weighted by Crippen LogP contribution is 2.18. The Morgan fingerprint density at radius 3 is 3.00 bits per heavy atom. The van der Waals surface area contributed by atoms with Crippen LogP contribution in [-0.2, 0) is 4.74 Å². The largest absolute Gasteiger partial charge is 0.491 e. The third-order valence-corrected chi connectivity index (χ3v) is 4.05. The van der Waals surface area contributed by atoms with Crippen molar-refractivity contribution in [3.05, 3.63) is 30.1 Å². The summed E-state index contributed by atoms with van der Waals surface area (Å²) < 4.78 is 13.2. The van der Waals surface area contributed by atoms with Gasteiger partial charge in [0.05, 0.1) is 35.7 Å². The fraction of sp³-hybridized carbons (Fsp3) is 0.529. The van der Waals surface area contributed by atoms with Gasteiger partial charge in [0, 0.05) is 19.6 Å². The molecule has 3 heterocycles. The zero-order valence-electron chi connectivity index (χ0n) is 13.9. The van der Waals surface area contributed by atoms with Gasteiger partial charge < -0.3 is 9.47 Å². The van der Waals surface area contributed by atoms with E-state index in [1.807, 2.05) is 18.3 Å². The van der Waals surface area contributed by atoms with Gasteiger partial charge in [-0.3, -0.25) is 9.69 Å². The molecule has 6 nitrogen and oxygen atoms in total. The fourth-order valence-electron chi connectivity index (χ4n) is 2.92. The molecule has 1 aliphatic heterocycles. The Labute approximate surface area is 136 Å². The Kier molecular flexibility index (Phi) is 4.37. The van der Waals surface area contributed by atoms with Crippen LogP contribution in [-0.4, -0.2) is 58.7 Å². The van der Waals surface area contributed by atoms with E-state index in [0.29, 0.717) is 12.2 Å². The standard InChI is InChI=1S/C17H23N3O3/c1-13(21)15-10-18-20-11-14(4-5-16(15)20)22-8-6-19-7-9-23-17(2,3)12-19/h4-5,10-11H,6-9,12H2,1-3H3. The molecule has 0 aromatic carbocycles. The second-order valence-electron chi connectivity index (χ2n) is 6.54. The van der Waals surface area contributed by atoms with Crippen molar-refractivity contribution in [3.8, 4) is 5.75 Å². The van der Waals surface area contributed by atoms with Gasteiger partial charge in [-0.25, -0.2) is 4.52 Å².